The van der Waals surface area contributed by atoms with Crippen molar-refractivity contribution in [3.63, 3.8) is 0 Å². The Morgan fingerprint density at radius 1 is 1.23 bits per heavy atom. The Hall–Kier alpha value is -1.89. The van der Waals surface area contributed by atoms with E-state index in [1.807, 2.05) is 30.3 Å². The maximum absolute atomic E-state index is 13.2. The number of hydrogen-bond donors (Lipinski definition) is 2. The summed E-state index contributed by atoms with van der Waals surface area (Å²) in [6, 6.07) is 15.8. The minimum absolute atomic E-state index is 0.00168. The molecule has 30 heavy (non-hydrogen) atoms. The molecular formula is C24H29BrN2O3. The van der Waals surface area contributed by atoms with E-state index in [9.17, 15) is 9.90 Å². The van der Waals surface area contributed by atoms with Gasteiger partial charge in [-0.2, -0.15) is 0 Å². The molecule has 0 aliphatic heterocycles. The topological polar surface area (TPSA) is 61.8 Å². The van der Waals surface area contributed by atoms with Gasteiger partial charge < -0.3 is 15.2 Å². The van der Waals surface area contributed by atoms with Crippen LogP contribution in [-0.2, 0) is 17.7 Å². The molecule has 0 saturated heterocycles. The predicted molar refractivity (Wildman–Crippen MR) is 120 cm³/mol. The van der Waals surface area contributed by atoms with Gasteiger partial charge in [-0.05, 0) is 66.3 Å². The van der Waals surface area contributed by atoms with Crippen LogP contribution in [0, 0.1) is 5.41 Å². The van der Waals surface area contributed by atoms with Crippen molar-refractivity contribution < 1.29 is 14.6 Å². The number of benzene rings is 2. The molecule has 2 N–H and O–H groups in total. The van der Waals surface area contributed by atoms with Crippen LogP contribution in [0.5, 0.6) is 0 Å². The number of rotatable bonds is 5. The third kappa shape index (κ3) is 4.27. The second kappa shape index (κ2) is 9.08. The SMILES string of the molecule is COC1CCC2(CC1)Cc1ccc(Br)cc1C2NC(=O)N(CO)Cc1ccccc1. The number of nitrogens with one attached hydrogen (secondary N) is 1. The molecule has 2 aliphatic carbocycles. The van der Waals surface area contributed by atoms with Gasteiger partial charge in [-0.25, -0.2) is 4.79 Å². The number of ether oxygens (including phenoxy) is 1. The predicted octanol–water partition coefficient (Wildman–Crippen LogP) is 4.78. The van der Waals surface area contributed by atoms with Gasteiger partial charge in [0.15, 0.2) is 0 Å². The first-order valence-electron chi connectivity index (χ1n) is 10.6. The van der Waals surface area contributed by atoms with Crippen molar-refractivity contribution in [3.8, 4) is 0 Å². The lowest BCUT2D eigenvalue weighted by molar-refractivity contribution is 0.0155. The van der Waals surface area contributed by atoms with E-state index in [0.29, 0.717) is 12.6 Å². The lowest BCUT2D eigenvalue weighted by atomic mass is 9.68. The van der Waals surface area contributed by atoms with Gasteiger partial charge >= 0.3 is 6.03 Å². The quantitative estimate of drug-likeness (QED) is 0.615. The summed E-state index contributed by atoms with van der Waals surface area (Å²) in [5.41, 5.74) is 3.48. The van der Waals surface area contributed by atoms with Crippen LogP contribution in [0.25, 0.3) is 0 Å². The Labute approximate surface area is 186 Å². The van der Waals surface area contributed by atoms with Gasteiger partial charge in [0, 0.05) is 18.1 Å². The molecule has 6 heteroatoms. The molecular weight excluding hydrogens is 444 g/mol. The van der Waals surface area contributed by atoms with Gasteiger partial charge in [0.05, 0.1) is 12.1 Å². The molecule has 0 aromatic heterocycles. The van der Waals surface area contributed by atoms with E-state index in [0.717, 1.165) is 42.1 Å². The first kappa shape index (κ1) is 21.3. The van der Waals surface area contributed by atoms with E-state index >= 15 is 0 Å². The molecule has 5 nitrogen and oxygen atoms in total. The molecule has 2 aromatic rings. The average Bonchev–Trinajstić information content (AvgIpc) is 3.05. The largest absolute Gasteiger partial charge is 0.381 e. The summed E-state index contributed by atoms with van der Waals surface area (Å²) in [5, 5.41) is 13.2. The highest BCUT2D eigenvalue weighted by Crippen LogP contribution is 2.54. The average molecular weight is 473 g/mol. The van der Waals surface area contributed by atoms with E-state index in [2.05, 4.69) is 39.4 Å². The van der Waals surface area contributed by atoms with E-state index in [4.69, 9.17) is 4.74 Å². The summed E-state index contributed by atoms with van der Waals surface area (Å²) in [6.07, 6.45) is 5.31. The lowest BCUT2D eigenvalue weighted by Gasteiger charge is -2.42. The van der Waals surface area contributed by atoms with E-state index in [1.54, 1.807) is 7.11 Å². The minimum atomic E-state index is -0.322. The number of carbonyl (C=O) groups is 1. The Balaban J connectivity index is 1.57. The number of aliphatic hydroxyl groups excluding tert-OH is 1. The molecule has 1 atom stereocenters. The van der Waals surface area contributed by atoms with Crippen molar-refractivity contribution in [2.24, 2.45) is 5.41 Å². The van der Waals surface area contributed by atoms with Crippen LogP contribution in [0.2, 0.25) is 0 Å². The van der Waals surface area contributed by atoms with Crippen LogP contribution in [-0.4, -0.2) is 36.0 Å². The van der Waals surface area contributed by atoms with E-state index in [-0.39, 0.29) is 24.2 Å². The van der Waals surface area contributed by atoms with Crippen LogP contribution >= 0.6 is 15.9 Å². The van der Waals surface area contributed by atoms with Crippen molar-refractivity contribution in [1.29, 1.82) is 0 Å². The van der Waals surface area contributed by atoms with Crippen molar-refractivity contribution in [1.82, 2.24) is 10.2 Å². The Morgan fingerprint density at radius 3 is 2.63 bits per heavy atom. The Morgan fingerprint density at radius 2 is 1.97 bits per heavy atom. The number of nitrogens with zero attached hydrogens (tertiary/aromatic N) is 1. The normalized spacial score (nSPS) is 25.2. The molecule has 1 unspecified atom stereocenters. The highest BCUT2D eigenvalue weighted by molar-refractivity contribution is 9.10. The monoisotopic (exact) mass is 472 g/mol. The third-order valence-electron chi connectivity index (χ3n) is 6.78. The van der Waals surface area contributed by atoms with Crippen LogP contribution in [0.3, 0.4) is 0 Å². The summed E-state index contributed by atoms with van der Waals surface area (Å²) < 4.78 is 6.61. The molecule has 2 aliphatic rings. The van der Waals surface area contributed by atoms with Crippen LogP contribution in [0.1, 0.15) is 48.4 Å². The number of amides is 2. The summed E-state index contributed by atoms with van der Waals surface area (Å²) in [5.74, 6) is 0. The fourth-order valence-electron chi connectivity index (χ4n) is 5.11. The standard InChI is InChI=1S/C24H29BrN2O3/c1-30-20-9-11-24(12-10-20)14-18-7-8-19(25)13-21(18)22(24)26-23(29)27(16-28)15-17-5-3-2-4-6-17/h2-8,13,20,22,28H,9-12,14-16H2,1H3,(H,26,29). The molecule has 0 radical (unpaired) electrons. The van der Waals surface area contributed by atoms with Gasteiger partial charge in [-0.3, -0.25) is 4.90 Å². The number of urea groups is 1. The van der Waals surface area contributed by atoms with Gasteiger partial charge in [-0.15, -0.1) is 0 Å². The molecule has 1 saturated carbocycles. The number of hydrogen-bond acceptors (Lipinski definition) is 3. The van der Waals surface area contributed by atoms with Crippen LogP contribution in [0.15, 0.2) is 53.0 Å². The number of aliphatic hydroxyl groups is 1. The maximum Gasteiger partial charge on any atom is 0.320 e. The Bertz CT molecular complexity index is 881. The molecule has 1 spiro atoms. The molecule has 0 bridgehead atoms. The van der Waals surface area contributed by atoms with Crippen LogP contribution < -0.4 is 5.32 Å². The number of carbonyl (C=O) groups excluding carboxylic acids is 1. The first-order valence-corrected chi connectivity index (χ1v) is 11.4. The smallest absolute Gasteiger partial charge is 0.320 e. The molecule has 2 aromatic carbocycles. The highest BCUT2D eigenvalue weighted by Gasteiger charge is 2.48. The molecule has 160 valence electrons. The Kier molecular flexibility index (Phi) is 6.46. The first-order chi connectivity index (χ1) is 14.5. The molecule has 0 heterocycles. The zero-order valence-corrected chi connectivity index (χ0v) is 18.9. The number of fused-ring (bicyclic) bond motifs is 1. The number of halogens is 1. The maximum atomic E-state index is 13.2. The molecule has 4 rings (SSSR count). The van der Waals surface area contributed by atoms with Crippen molar-refractivity contribution >= 4 is 22.0 Å². The van der Waals surface area contributed by atoms with Crippen LogP contribution in [0.4, 0.5) is 4.79 Å². The number of methoxy groups -OCH3 is 1. The second-order valence-electron chi connectivity index (χ2n) is 8.52. The fraction of sp³-hybridized carbons (Fsp3) is 0.458. The lowest BCUT2D eigenvalue weighted by Crippen LogP contribution is -2.47. The summed E-state index contributed by atoms with van der Waals surface area (Å²) in [7, 11) is 1.78. The van der Waals surface area contributed by atoms with Gasteiger partial charge in [0.25, 0.3) is 0 Å². The second-order valence-corrected chi connectivity index (χ2v) is 9.44. The summed E-state index contributed by atoms with van der Waals surface area (Å²) in [4.78, 5) is 14.7. The van der Waals surface area contributed by atoms with Gasteiger partial charge in [0.2, 0.25) is 0 Å². The third-order valence-corrected chi connectivity index (χ3v) is 7.27. The van der Waals surface area contributed by atoms with E-state index in [1.165, 1.54) is 16.0 Å². The summed E-state index contributed by atoms with van der Waals surface area (Å²) in [6.45, 7) is 0.0531. The molecule has 2 amide bonds. The van der Waals surface area contributed by atoms with E-state index < -0.39 is 0 Å². The van der Waals surface area contributed by atoms with Crippen molar-refractivity contribution in [3.05, 3.63) is 69.7 Å². The highest BCUT2D eigenvalue weighted by atomic mass is 79.9. The zero-order valence-electron chi connectivity index (χ0n) is 17.3. The van der Waals surface area contributed by atoms with Crippen molar-refractivity contribution in [2.75, 3.05) is 13.8 Å². The minimum Gasteiger partial charge on any atom is -0.381 e. The van der Waals surface area contributed by atoms with Gasteiger partial charge in [-0.1, -0.05) is 52.3 Å². The van der Waals surface area contributed by atoms with Gasteiger partial charge in [0.1, 0.15) is 6.73 Å². The fourth-order valence-corrected chi connectivity index (χ4v) is 5.49. The molecule has 1 fully saturated rings. The van der Waals surface area contributed by atoms with Crippen molar-refractivity contribution in [2.45, 2.75) is 50.8 Å². The zero-order chi connectivity index (χ0) is 21.1. The summed E-state index contributed by atoms with van der Waals surface area (Å²) >= 11 is 3.60.